The molecule has 1 aromatic rings. The van der Waals surface area contributed by atoms with Gasteiger partial charge in [-0.15, -0.1) is 36.2 Å². The van der Waals surface area contributed by atoms with Crippen molar-refractivity contribution in [2.45, 2.75) is 25.8 Å². The van der Waals surface area contributed by atoms with Gasteiger partial charge in [-0.2, -0.15) is 0 Å². The summed E-state index contributed by atoms with van der Waals surface area (Å²) in [7, 11) is 0. The lowest BCUT2D eigenvalue weighted by Crippen LogP contribution is -2.23. The van der Waals surface area contributed by atoms with Crippen LogP contribution in [0.3, 0.4) is 0 Å². The van der Waals surface area contributed by atoms with Gasteiger partial charge < -0.3 is 10.6 Å². The third-order valence-electron chi connectivity index (χ3n) is 2.86. The molecule has 104 valence electrons. The van der Waals surface area contributed by atoms with E-state index < -0.39 is 0 Å². The van der Waals surface area contributed by atoms with Crippen LogP contribution < -0.4 is 10.6 Å². The van der Waals surface area contributed by atoms with E-state index in [1.165, 1.54) is 6.42 Å². The smallest absolute Gasteiger partial charge is 0.220 e. The predicted octanol–water partition coefficient (Wildman–Crippen LogP) is 1.99. The van der Waals surface area contributed by atoms with Crippen LogP contribution in [0.5, 0.6) is 0 Å². The molecule has 2 rings (SSSR count). The van der Waals surface area contributed by atoms with Crippen molar-refractivity contribution >= 4 is 42.1 Å². The molecule has 1 atom stereocenters. The number of halogens is 2. The van der Waals surface area contributed by atoms with Gasteiger partial charge in [0.2, 0.25) is 5.91 Å². The lowest BCUT2D eigenvalue weighted by atomic mass is 10.0. The van der Waals surface area contributed by atoms with Crippen LogP contribution in [0.4, 0.5) is 0 Å². The summed E-state index contributed by atoms with van der Waals surface area (Å²) in [6, 6.07) is 0. The minimum absolute atomic E-state index is 0. The van der Waals surface area contributed by atoms with Crippen molar-refractivity contribution < 1.29 is 4.79 Å². The second kappa shape index (κ2) is 9.55. The summed E-state index contributed by atoms with van der Waals surface area (Å²) >= 11 is 1.57. The molecule has 1 aliphatic rings. The quantitative estimate of drug-likeness (QED) is 0.874. The Labute approximate surface area is 124 Å². The first-order valence-corrected chi connectivity index (χ1v) is 6.58. The summed E-state index contributed by atoms with van der Waals surface area (Å²) < 4.78 is 0. The molecule has 2 N–H and O–H groups in total. The van der Waals surface area contributed by atoms with E-state index in [1.54, 1.807) is 17.5 Å². The molecule has 1 fully saturated rings. The van der Waals surface area contributed by atoms with Crippen molar-refractivity contribution in [3.8, 4) is 0 Å². The van der Waals surface area contributed by atoms with E-state index in [4.69, 9.17) is 0 Å². The van der Waals surface area contributed by atoms with E-state index in [-0.39, 0.29) is 30.7 Å². The summed E-state index contributed by atoms with van der Waals surface area (Å²) in [5.74, 6) is 0.827. The molecule has 0 saturated carbocycles. The Morgan fingerprint density at radius 3 is 3.00 bits per heavy atom. The van der Waals surface area contributed by atoms with Gasteiger partial charge in [-0.3, -0.25) is 4.79 Å². The van der Waals surface area contributed by atoms with Gasteiger partial charge in [-0.25, -0.2) is 4.98 Å². The Morgan fingerprint density at radius 2 is 2.39 bits per heavy atom. The molecule has 7 heteroatoms. The highest BCUT2D eigenvalue weighted by atomic mass is 35.5. The first-order chi connectivity index (χ1) is 7.84. The molecule has 0 bridgehead atoms. The predicted molar refractivity (Wildman–Crippen MR) is 78.7 cm³/mol. The highest BCUT2D eigenvalue weighted by molar-refractivity contribution is 7.09. The molecule has 2 heterocycles. The molecule has 1 aliphatic heterocycles. The molecule has 1 unspecified atom stereocenters. The molecule has 1 amide bonds. The summed E-state index contributed by atoms with van der Waals surface area (Å²) in [5, 5.41) is 9.10. The standard InChI is InChI=1S/C11H17N3OS.2ClH/c15-10(2-1-9-3-4-12-7-9)14-8-11-13-5-6-16-11;;/h5-6,9,12H,1-4,7-8H2,(H,14,15);2*1H. The number of carbonyl (C=O) groups is 1. The molecule has 0 aromatic carbocycles. The molecule has 18 heavy (non-hydrogen) atoms. The molecular formula is C11H19Cl2N3OS. The maximum absolute atomic E-state index is 11.5. The third-order valence-corrected chi connectivity index (χ3v) is 3.64. The summed E-state index contributed by atoms with van der Waals surface area (Å²) in [5.41, 5.74) is 0. The van der Waals surface area contributed by atoms with E-state index in [9.17, 15) is 4.79 Å². The summed E-state index contributed by atoms with van der Waals surface area (Å²) in [4.78, 5) is 15.7. The van der Waals surface area contributed by atoms with Gasteiger partial charge in [0.15, 0.2) is 0 Å². The molecule has 4 nitrogen and oxygen atoms in total. The highest BCUT2D eigenvalue weighted by Crippen LogP contribution is 2.14. The minimum Gasteiger partial charge on any atom is -0.350 e. The zero-order valence-corrected chi connectivity index (χ0v) is 12.5. The van der Waals surface area contributed by atoms with Crippen LogP contribution in [0.15, 0.2) is 11.6 Å². The van der Waals surface area contributed by atoms with Crippen LogP contribution in [0.1, 0.15) is 24.3 Å². The van der Waals surface area contributed by atoms with Crippen LogP contribution in [0.2, 0.25) is 0 Å². The molecule has 0 spiro atoms. The van der Waals surface area contributed by atoms with Crippen molar-refractivity contribution in [2.24, 2.45) is 5.92 Å². The van der Waals surface area contributed by atoms with Crippen LogP contribution in [-0.4, -0.2) is 24.0 Å². The number of amides is 1. The fraction of sp³-hybridized carbons (Fsp3) is 0.636. The van der Waals surface area contributed by atoms with Crippen molar-refractivity contribution in [3.63, 3.8) is 0 Å². The molecule has 0 radical (unpaired) electrons. The van der Waals surface area contributed by atoms with E-state index in [0.717, 1.165) is 24.5 Å². The SMILES string of the molecule is Cl.Cl.O=C(CCC1CCNC1)NCc1nccs1. The number of thiazole rings is 1. The van der Waals surface area contributed by atoms with Gasteiger partial charge in [0.25, 0.3) is 0 Å². The van der Waals surface area contributed by atoms with E-state index in [2.05, 4.69) is 15.6 Å². The van der Waals surface area contributed by atoms with Gasteiger partial charge >= 0.3 is 0 Å². The third kappa shape index (κ3) is 6.00. The monoisotopic (exact) mass is 311 g/mol. The lowest BCUT2D eigenvalue weighted by Gasteiger charge is -2.07. The van der Waals surface area contributed by atoms with Crippen molar-refractivity contribution in [1.29, 1.82) is 0 Å². The first-order valence-electron chi connectivity index (χ1n) is 5.70. The van der Waals surface area contributed by atoms with Crippen LogP contribution in [-0.2, 0) is 11.3 Å². The number of carbonyl (C=O) groups excluding carboxylic acids is 1. The fourth-order valence-electron chi connectivity index (χ4n) is 1.90. The summed E-state index contributed by atoms with van der Waals surface area (Å²) in [6.45, 7) is 2.74. The van der Waals surface area contributed by atoms with Crippen LogP contribution in [0.25, 0.3) is 0 Å². The number of nitrogens with zero attached hydrogens (tertiary/aromatic N) is 1. The topological polar surface area (TPSA) is 54.0 Å². The van der Waals surface area contributed by atoms with E-state index in [1.807, 2.05) is 5.38 Å². The second-order valence-corrected chi connectivity index (χ2v) is 5.08. The number of aromatic nitrogens is 1. The van der Waals surface area contributed by atoms with Crippen molar-refractivity contribution in [1.82, 2.24) is 15.6 Å². The van der Waals surface area contributed by atoms with Crippen LogP contribution >= 0.6 is 36.2 Å². The number of hydrogen-bond acceptors (Lipinski definition) is 4. The van der Waals surface area contributed by atoms with Crippen LogP contribution in [0, 0.1) is 5.92 Å². The number of nitrogens with one attached hydrogen (secondary N) is 2. The van der Waals surface area contributed by atoms with Gasteiger partial charge in [0, 0.05) is 18.0 Å². The average Bonchev–Trinajstić information content (AvgIpc) is 2.96. The van der Waals surface area contributed by atoms with E-state index in [0.29, 0.717) is 18.9 Å². The summed E-state index contributed by atoms with van der Waals surface area (Å²) in [6.07, 6.45) is 4.60. The Morgan fingerprint density at radius 1 is 1.56 bits per heavy atom. The van der Waals surface area contributed by atoms with Gasteiger partial charge in [-0.05, 0) is 31.8 Å². The lowest BCUT2D eigenvalue weighted by molar-refractivity contribution is -0.121. The minimum atomic E-state index is 0. The molecule has 0 aliphatic carbocycles. The van der Waals surface area contributed by atoms with Gasteiger partial charge in [0.05, 0.1) is 6.54 Å². The Hall–Kier alpha value is -0.360. The Kier molecular flexibility index (Phi) is 9.36. The fourth-order valence-corrected chi connectivity index (χ4v) is 2.45. The second-order valence-electron chi connectivity index (χ2n) is 4.10. The normalized spacial score (nSPS) is 17.7. The van der Waals surface area contributed by atoms with Gasteiger partial charge in [-0.1, -0.05) is 0 Å². The highest BCUT2D eigenvalue weighted by Gasteiger charge is 2.15. The molecular weight excluding hydrogens is 293 g/mol. The Bertz CT molecular complexity index is 329. The number of hydrogen-bond donors (Lipinski definition) is 2. The average molecular weight is 312 g/mol. The molecule has 1 aromatic heterocycles. The van der Waals surface area contributed by atoms with E-state index >= 15 is 0 Å². The maximum atomic E-state index is 11.5. The zero-order chi connectivity index (χ0) is 11.2. The molecule has 1 saturated heterocycles. The zero-order valence-electron chi connectivity index (χ0n) is 10.1. The maximum Gasteiger partial charge on any atom is 0.220 e. The number of rotatable bonds is 5. The van der Waals surface area contributed by atoms with Gasteiger partial charge in [0.1, 0.15) is 5.01 Å². The first kappa shape index (κ1) is 17.6. The Balaban J connectivity index is 0.00000144. The largest absolute Gasteiger partial charge is 0.350 e. The van der Waals surface area contributed by atoms with Crippen molar-refractivity contribution in [2.75, 3.05) is 13.1 Å². The van der Waals surface area contributed by atoms with Crippen molar-refractivity contribution in [3.05, 3.63) is 16.6 Å².